The fourth-order valence-corrected chi connectivity index (χ4v) is 2.02. The summed E-state index contributed by atoms with van der Waals surface area (Å²) >= 11 is 0. The van der Waals surface area contributed by atoms with Crippen LogP contribution in [0.3, 0.4) is 0 Å². The number of carbonyl (C=O) groups excluding carboxylic acids is 1. The van der Waals surface area contributed by atoms with Crippen molar-refractivity contribution in [3.05, 3.63) is 53.9 Å². The molecule has 21 heavy (non-hydrogen) atoms. The summed E-state index contributed by atoms with van der Waals surface area (Å²) in [5.41, 5.74) is 1.16. The number of para-hydroxylation sites is 1. The smallest absolute Gasteiger partial charge is 0.323 e. The second-order valence-corrected chi connectivity index (χ2v) is 4.41. The average molecular weight is 288 g/mol. The van der Waals surface area contributed by atoms with Gasteiger partial charge < -0.3 is 19.7 Å². The minimum Gasteiger partial charge on any atom is -0.496 e. The summed E-state index contributed by atoms with van der Waals surface area (Å²) in [6.45, 7) is 0.0610. The van der Waals surface area contributed by atoms with E-state index in [2.05, 4.69) is 5.32 Å². The van der Waals surface area contributed by atoms with Crippen LogP contribution in [0.2, 0.25) is 0 Å². The third-order valence-corrected chi connectivity index (χ3v) is 3.00. The molecule has 110 valence electrons. The van der Waals surface area contributed by atoms with Gasteiger partial charge in [0.1, 0.15) is 18.0 Å². The Morgan fingerprint density at radius 3 is 2.71 bits per heavy atom. The normalized spacial score (nSPS) is 10.1. The Morgan fingerprint density at radius 1 is 1.24 bits per heavy atom. The summed E-state index contributed by atoms with van der Waals surface area (Å²) in [6, 6.07) is 10.6. The molecule has 0 aliphatic heterocycles. The van der Waals surface area contributed by atoms with Crippen LogP contribution < -0.4 is 10.1 Å². The van der Waals surface area contributed by atoms with Crippen LogP contribution in [0.1, 0.15) is 16.1 Å². The van der Waals surface area contributed by atoms with Crippen molar-refractivity contribution in [2.45, 2.75) is 13.1 Å². The van der Waals surface area contributed by atoms with Crippen molar-refractivity contribution in [2.24, 2.45) is 0 Å². The third kappa shape index (κ3) is 3.62. The van der Waals surface area contributed by atoms with Gasteiger partial charge in [0.25, 0.3) is 5.91 Å². The van der Waals surface area contributed by atoms with Crippen molar-refractivity contribution < 1.29 is 19.4 Å². The van der Waals surface area contributed by atoms with E-state index in [-0.39, 0.29) is 12.5 Å². The topological polar surface area (TPSA) is 80.6 Å². The van der Waals surface area contributed by atoms with E-state index in [9.17, 15) is 9.59 Å². The summed E-state index contributed by atoms with van der Waals surface area (Å²) in [4.78, 5) is 22.9. The predicted octanol–water partition coefficient (Wildman–Crippen LogP) is 1.51. The number of rotatable bonds is 6. The van der Waals surface area contributed by atoms with Gasteiger partial charge in [-0.3, -0.25) is 9.59 Å². The summed E-state index contributed by atoms with van der Waals surface area (Å²) in [5.74, 6) is -0.629. The maximum Gasteiger partial charge on any atom is 0.323 e. The molecule has 1 heterocycles. The molecule has 0 saturated heterocycles. The van der Waals surface area contributed by atoms with Gasteiger partial charge >= 0.3 is 5.97 Å². The summed E-state index contributed by atoms with van der Waals surface area (Å²) in [5, 5.41) is 11.6. The number of benzene rings is 1. The highest BCUT2D eigenvalue weighted by atomic mass is 16.5. The molecule has 6 nitrogen and oxygen atoms in total. The van der Waals surface area contributed by atoms with Crippen LogP contribution in [0.4, 0.5) is 0 Å². The molecule has 2 aromatic rings. The maximum atomic E-state index is 12.1. The van der Waals surface area contributed by atoms with Gasteiger partial charge in [-0.05, 0) is 18.2 Å². The molecule has 0 unspecified atom stereocenters. The van der Waals surface area contributed by atoms with Crippen LogP contribution in [0.5, 0.6) is 5.75 Å². The Balaban J connectivity index is 2.05. The molecule has 2 rings (SSSR count). The third-order valence-electron chi connectivity index (χ3n) is 3.00. The van der Waals surface area contributed by atoms with Gasteiger partial charge in [0.05, 0.1) is 7.11 Å². The lowest BCUT2D eigenvalue weighted by atomic mass is 10.2. The van der Waals surface area contributed by atoms with Crippen molar-refractivity contribution >= 4 is 11.9 Å². The van der Waals surface area contributed by atoms with Gasteiger partial charge in [-0.2, -0.15) is 0 Å². The average Bonchev–Trinajstić information content (AvgIpc) is 2.92. The van der Waals surface area contributed by atoms with Gasteiger partial charge in [-0.1, -0.05) is 18.2 Å². The fourth-order valence-electron chi connectivity index (χ4n) is 2.02. The highest BCUT2D eigenvalue weighted by molar-refractivity contribution is 5.93. The lowest BCUT2D eigenvalue weighted by Crippen LogP contribution is -2.26. The highest BCUT2D eigenvalue weighted by Crippen LogP contribution is 2.16. The first-order valence-electron chi connectivity index (χ1n) is 6.39. The van der Waals surface area contributed by atoms with E-state index in [1.54, 1.807) is 25.4 Å². The van der Waals surface area contributed by atoms with Crippen LogP contribution >= 0.6 is 0 Å². The van der Waals surface area contributed by atoms with Crippen molar-refractivity contribution in [1.29, 1.82) is 0 Å². The van der Waals surface area contributed by atoms with Crippen LogP contribution in [-0.4, -0.2) is 28.7 Å². The number of aliphatic carboxylic acids is 1. The van der Waals surface area contributed by atoms with Crippen molar-refractivity contribution in [3.63, 3.8) is 0 Å². The van der Waals surface area contributed by atoms with E-state index in [4.69, 9.17) is 9.84 Å². The maximum absolute atomic E-state index is 12.1. The standard InChI is InChI=1S/C15H16N2O4/c1-21-13-7-3-2-5-11(13)9-16-15(20)12-6-4-8-17(12)10-14(18)19/h2-8H,9-10H2,1H3,(H,16,20)(H,18,19). The molecule has 0 aliphatic rings. The molecule has 0 bridgehead atoms. The van der Waals surface area contributed by atoms with Crippen LogP contribution in [0.15, 0.2) is 42.6 Å². The SMILES string of the molecule is COc1ccccc1CNC(=O)c1cccn1CC(=O)O. The predicted molar refractivity (Wildman–Crippen MR) is 76.2 cm³/mol. The first-order chi connectivity index (χ1) is 10.1. The molecule has 1 aromatic carbocycles. The molecule has 0 atom stereocenters. The number of ether oxygens (including phenoxy) is 1. The first-order valence-corrected chi connectivity index (χ1v) is 6.39. The number of nitrogens with one attached hydrogen (secondary N) is 1. The highest BCUT2D eigenvalue weighted by Gasteiger charge is 2.13. The lowest BCUT2D eigenvalue weighted by molar-refractivity contribution is -0.137. The van der Waals surface area contributed by atoms with Crippen LogP contribution in [-0.2, 0) is 17.9 Å². The van der Waals surface area contributed by atoms with E-state index >= 15 is 0 Å². The zero-order chi connectivity index (χ0) is 15.2. The molecule has 0 radical (unpaired) electrons. The lowest BCUT2D eigenvalue weighted by Gasteiger charge is -2.10. The van der Waals surface area contributed by atoms with Gasteiger partial charge in [0.2, 0.25) is 0 Å². The second-order valence-electron chi connectivity index (χ2n) is 4.41. The quantitative estimate of drug-likeness (QED) is 0.844. The fraction of sp³-hybridized carbons (Fsp3) is 0.200. The number of hydrogen-bond donors (Lipinski definition) is 2. The van der Waals surface area contributed by atoms with Crippen molar-refractivity contribution in [1.82, 2.24) is 9.88 Å². The minimum atomic E-state index is -0.995. The van der Waals surface area contributed by atoms with E-state index in [1.165, 1.54) is 4.57 Å². The molecule has 0 saturated carbocycles. The van der Waals surface area contributed by atoms with Gasteiger partial charge in [0, 0.05) is 18.3 Å². The number of hydrogen-bond acceptors (Lipinski definition) is 3. The van der Waals surface area contributed by atoms with Gasteiger partial charge in [-0.25, -0.2) is 0 Å². The second kappa shape index (κ2) is 6.60. The van der Waals surface area contributed by atoms with E-state index in [1.807, 2.05) is 24.3 Å². The molecule has 2 N–H and O–H groups in total. The Kier molecular flexibility index (Phi) is 4.61. The van der Waals surface area contributed by atoms with E-state index in [0.717, 1.165) is 5.56 Å². The number of carboxylic acids is 1. The molecular weight excluding hydrogens is 272 g/mol. The Bertz CT molecular complexity index is 649. The molecule has 0 spiro atoms. The Morgan fingerprint density at radius 2 is 2.00 bits per heavy atom. The summed E-state index contributed by atoms with van der Waals surface area (Å²) in [7, 11) is 1.57. The van der Waals surface area contributed by atoms with E-state index < -0.39 is 5.97 Å². The molecule has 1 amide bonds. The number of carbonyl (C=O) groups is 2. The summed E-state index contributed by atoms with van der Waals surface area (Å²) in [6.07, 6.45) is 1.56. The van der Waals surface area contributed by atoms with Gasteiger partial charge in [0.15, 0.2) is 0 Å². The van der Waals surface area contributed by atoms with Gasteiger partial charge in [-0.15, -0.1) is 0 Å². The number of carboxylic acid groups (broad SMARTS) is 1. The molecule has 0 fully saturated rings. The van der Waals surface area contributed by atoms with Crippen LogP contribution in [0, 0.1) is 0 Å². The monoisotopic (exact) mass is 288 g/mol. The molecule has 6 heteroatoms. The number of aromatic nitrogens is 1. The Labute approximate surface area is 122 Å². The zero-order valence-corrected chi connectivity index (χ0v) is 11.6. The van der Waals surface area contributed by atoms with Crippen molar-refractivity contribution in [3.8, 4) is 5.75 Å². The number of nitrogens with zero attached hydrogens (tertiary/aromatic N) is 1. The van der Waals surface area contributed by atoms with Crippen LogP contribution in [0.25, 0.3) is 0 Å². The molecule has 1 aromatic heterocycles. The molecule has 0 aliphatic carbocycles. The largest absolute Gasteiger partial charge is 0.496 e. The first kappa shape index (κ1) is 14.6. The molecular formula is C15H16N2O4. The van der Waals surface area contributed by atoms with E-state index in [0.29, 0.717) is 18.0 Å². The van der Waals surface area contributed by atoms with Crippen molar-refractivity contribution in [2.75, 3.05) is 7.11 Å². The number of methoxy groups -OCH3 is 1. The zero-order valence-electron chi connectivity index (χ0n) is 11.6. The summed E-state index contributed by atoms with van der Waals surface area (Å²) < 4.78 is 6.60. The number of amides is 1. The Hall–Kier alpha value is -2.76. The minimum absolute atomic E-state index is 0.246.